The number of nitrogens with zero attached hydrogens (tertiary/aromatic N) is 1. The van der Waals surface area contributed by atoms with Gasteiger partial charge in [-0.1, -0.05) is 118 Å². The van der Waals surface area contributed by atoms with Crippen LogP contribution in [-0.2, 0) is 88.0 Å². The van der Waals surface area contributed by atoms with Gasteiger partial charge in [-0.05, 0) is 127 Å². The summed E-state index contributed by atoms with van der Waals surface area (Å²) in [6, 6.07) is 16.9. The SMILES string of the molecule is CNC(=O)NC[C@@H](NC(=O)[C@@H](Cc1ccc(Cl)cc1)NC(=O)[C@@H](Cc1ccc2ccccc2c1)NC(C)=O)C(=O)N[C@@H](CO)C(=O)N[C@@H](Cc1ccc(NC(C)=O)cc1)C(=O)N[C@H](Cc1ccc(NC(C)=O)cc1)C(=O)N[C@@H](CC(C)C)C(=O)N[C@@H](CCCCNC(C)C)C(=O)N1CCC[C@H]1C(=O)N[C@H](C)C(N)=O. The van der Waals surface area contributed by atoms with Gasteiger partial charge in [-0.15, -0.1) is 0 Å². The lowest BCUT2D eigenvalue weighted by atomic mass is 9.99. The fraction of sp³-hybridized carbons (Fsp3) is 0.455. The molecule has 0 unspecified atom stereocenters. The molecule has 0 aromatic heterocycles. The zero-order valence-corrected chi connectivity index (χ0v) is 63.6. The summed E-state index contributed by atoms with van der Waals surface area (Å²) in [5, 5.41) is 50.5. The molecule has 10 atom stereocenters. The van der Waals surface area contributed by atoms with Gasteiger partial charge in [0.05, 0.1) is 6.61 Å². The molecule has 0 radical (unpaired) electrons. The van der Waals surface area contributed by atoms with E-state index in [1.165, 1.54) is 51.8 Å². The third-order valence-corrected chi connectivity index (χ3v) is 18.1. The van der Waals surface area contributed by atoms with E-state index in [4.69, 9.17) is 17.3 Å². The molecule has 0 bridgehead atoms. The number of hydrogen-bond donors (Lipinski definition) is 16. The van der Waals surface area contributed by atoms with Gasteiger partial charge < -0.3 is 90.2 Å². The van der Waals surface area contributed by atoms with Crippen molar-refractivity contribution in [2.45, 2.75) is 186 Å². The predicted octanol–water partition coefficient (Wildman–Crippen LogP) is 1.70. The van der Waals surface area contributed by atoms with Crippen molar-refractivity contribution >= 4 is 117 Å². The third kappa shape index (κ3) is 28.9. The quantitative estimate of drug-likeness (QED) is 0.0248. The molecule has 1 aliphatic heterocycles. The van der Waals surface area contributed by atoms with Crippen LogP contribution in [0.1, 0.15) is 116 Å². The number of unbranched alkanes of at least 4 members (excludes halogenated alkanes) is 1. The first-order chi connectivity index (χ1) is 51.8. The van der Waals surface area contributed by atoms with E-state index in [0.29, 0.717) is 64.5 Å². The number of aliphatic hydroxyl groups excluding tert-OH is 1. The minimum atomic E-state index is -1.93. The summed E-state index contributed by atoms with van der Waals surface area (Å²) in [4.78, 5) is 195. The molecule has 0 aliphatic carbocycles. The van der Waals surface area contributed by atoms with Crippen LogP contribution in [0.3, 0.4) is 0 Å². The Morgan fingerprint density at radius 3 is 1.43 bits per heavy atom. The number of amides is 15. The second-order valence-corrected chi connectivity index (χ2v) is 28.2. The van der Waals surface area contributed by atoms with Crippen molar-refractivity contribution in [3.05, 3.63) is 143 Å². The van der Waals surface area contributed by atoms with Crippen LogP contribution >= 0.6 is 11.6 Å². The van der Waals surface area contributed by atoms with Gasteiger partial charge in [-0.3, -0.25) is 62.3 Å². The average molecular weight is 1530 g/mol. The van der Waals surface area contributed by atoms with E-state index >= 15 is 9.59 Å². The molecule has 31 nitrogen and oxygen atoms in total. The van der Waals surface area contributed by atoms with Gasteiger partial charge in [0.15, 0.2) is 0 Å². The molecule has 5 aromatic rings. The Hall–Kier alpha value is -11.0. The zero-order valence-electron chi connectivity index (χ0n) is 62.9. The topological polar surface area (TPSA) is 457 Å². The van der Waals surface area contributed by atoms with E-state index in [0.717, 1.165) is 10.8 Å². The summed E-state index contributed by atoms with van der Waals surface area (Å²) >= 11 is 6.22. The van der Waals surface area contributed by atoms with Crippen LogP contribution in [0.2, 0.25) is 5.02 Å². The Bertz CT molecular complexity index is 4010. The number of halogens is 1. The molecule has 1 heterocycles. The number of carbonyl (C=O) groups is 14. The van der Waals surface area contributed by atoms with Crippen molar-refractivity contribution in [1.29, 1.82) is 0 Å². The molecular weight excluding hydrogens is 1420 g/mol. The van der Waals surface area contributed by atoms with E-state index in [9.17, 15) is 62.6 Å². The second kappa shape index (κ2) is 43.1. The first kappa shape index (κ1) is 86.9. The van der Waals surface area contributed by atoms with E-state index in [1.807, 2.05) is 50.2 Å². The van der Waals surface area contributed by atoms with Crippen LogP contribution in [0.5, 0.6) is 0 Å². The third-order valence-electron chi connectivity index (χ3n) is 17.8. The zero-order chi connectivity index (χ0) is 80.0. The lowest BCUT2D eigenvalue weighted by Crippen LogP contribution is -2.63. The first-order valence-electron chi connectivity index (χ1n) is 36.3. The number of hydrogen-bond acceptors (Lipinski definition) is 16. The Balaban J connectivity index is 1.31. The molecule has 6 rings (SSSR count). The lowest BCUT2D eigenvalue weighted by Gasteiger charge is -2.31. The van der Waals surface area contributed by atoms with Gasteiger partial charge in [0.1, 0.15) is 60.4 Å². The van der Waals surface area contributed by atoms with Gasteiger partial charge >= 0.3 is 6.03 Å². The smallest absolute Gasteiger partial charge is 0.314 e. The summed E-state index contributed by atoms with van der Waals surface area (Å²) in [5.74, 6) is -10.3. The molecule has 0 saturated carbocycles. The summed E-state index contributed by atoms with van der Waals surface area (Å²) in [6.07, 6.45) is 1.05. The molecule has 5 aromatic carbocycles. The van der Waals surface area contributed by atoms with Crippen molar-refractivity contribution in [3.63, 3.8) is 0 Å². The molecule has 1 fully saturated rings. The molecular formula is C77H103ClN16O15. The highest BCUT2D eigenvalue weighted by molar-refractivity contribution is 6.30. The predicted molar refractivity (Wildman–Crippen MR) is 410 cm³/mol. The number of aliphatic hydroxyl groups is 1. The largest absolute Gasteiger partial charge is 0.394 e. The van der Waals surface area contributed by atoms with E-state index < -0.39 is 145 Å². The summed E-state index contributed by atoms with van der Waals surface area (Å²) in [6.45, 7) is 11.8. The number of fused-ring (bicyclic) bond motifs is 1. The maximum atomic E-state index is 15.2. The summed E-state index contributed by atoms with van der Waals surface area (Å²) in [5.41, 5.74) is 8.20. The van der Waals surface area contributed by atoms with Gasteiger partial charge in [0, 0.05) is 89.0 Å². The number of carbonyl (C=O) groups excluding carboxylic acids is 14. The molecule has 1 aliphatic rings. The second-order valence-electron chi connectivity index (χ2n) is 27.8. The van der Waals surface area contributed by atoms with Crippen molar-refractivity contribution in [2.24, 2.45) is 11.7 Å². The molecule has 32 heteroatoms. The number of urea groups is 1. The van der Waals surface area contributed by atoms with Crippen LogP contribution in [-0.4, -0.2) is 193 Å². The number of nitrogens with two attached hydrogens (primary N) is 1. The van der Waals surface area contributed by atoms with E-state index in [1.54, 1.807) is 80.6 Å². The maximum Gasteiger partial charge on any atom is 0.314 e. The summed E-state index contributed by atoms with van der Waals surface area (Å²) in [7, 11) is 1.29. The number of benzene rings is 5. The average Bonchev–Trinajstić information content (AvgIpc) is 1.80. The van der Waals surface area contributed by atoms with E-state index in [-0.39, 0.29) is 75.3 Å². The molecule has 0 spiro atoms. The van der Waals surface area contributed by atoms with Crippen LogP contribution < -0.4 is 80.2 Å². The highest BCUT2D eigenvalue weighted by Crippen LogP contribution is 2.23. The molecule has 588 valence electrons. The van der Waals surface area contributed by atoms with E-state index in [2.05, 4.69) is 74.4 Å². The standard InChI is InChI=1S/C77H103ClN16O15/c1-43(2)35-59(68(100)87-58(17-12-13-33-81-44(3)4)76(108)94-34-14-18-66(94)75(107)83-45(5)67(79)99)88-70(102)61(38-50-22-29-56(30-23-50)84-46(6)96)90-71(103)62(39-51-24-31-57(32-25-51)85-47(7)97)91-74(106)65(42-95)93-73(105)64(41-82-77(109)80-9)92-72(104)63(37-49-20-27-55(78)28-21-49)89-69(101)60(86-48(8)98)40-52-19-26-53-15-10-11-16-54(53)36-52/h10-11,15-16,19-32,36,43-45,58-66,81,95H,12-14,17-18,33-35,37-42H2,1-9H3,(H2,79,99)(H,83,107)(H,84,96)(H,85,97)(H,86,98)(H,87,100)(H,88,102)(H,89,101)(H,90,103)(H,91,106)(H,92,104)(H,93,105)(H2,80,82,109)/t45-,58+,59+,60-,61-,62+,63-,64-,65+,66+/m1/s1. The van der Waals surface area contributed by atoms with Crippen LogP contribution in [0.25, 0.3) is 10.8 Å². The molecule has 109 heavy (non-hydrogen) atoms. The van der Waals surface area contributed by atoms with Gasteiger partial charge in [-0.2, -0.15) is 0 Å². The molecule has 17 N–H and O–H groups in total. The fourth-order valence-corrected chi connectivity index (χ4v) is 12.3. The number of anilines is 2. The Kier molecular flexibility index (Phi) is 34.3. The van der Waals surface area contributed by atoms with Gasteiger partial charge in [0.2, 0.25) is 76.8 Å². The normalized spacial score (nSPS) is 15.0. The molecule has 1 saturated heterocycles. The van der Waals surface area contributed by atoms with Crippen molar-refractivity contribution < 1.29 is 72.2 Å². The Labute approximate surface area is 638 Å². The van der Waals surface area contributed by atoms with Crippen LogP contribution in [0.15, 0.2) is 115 Å². The van der Waals surface area contributed by atoms with Crippen molar-refractivity contribution in [2.75, 3.05) is 43.9 Å². The minimum Gasteiger partial charge on any atom is -0.394 e. The number of nitrogens with one attached hydrogen (secondary N) is 14. The Morgan fingerprint density at radius 2 is 0.945 bits per heavy atom. The number of primary amides is 1. The number of rotatable bonds is 40. The highest BCUT2D eigenvalue weighted by Gasteiger charge is 2.40. The Morgan fingerprint density at radius 1 is 0.505 bits per heavy atom. The van der Waals surface area contributed by atoms with Crippen molar-refractivity contribution in [1.82, 2.24) is 68.7 Å². The number of likely N-dealkylation sites (tertiary alicyclic amines) is 1. The van der Waals surface area contributed by atoms with Gasteiger partial charge in [-0.25, -0.2) is 4.79 Å². The molecule has 15 amide bonds. The van der Waals surface area contributed by atoms with Crippen molar-refractivity contribution in [3.8, 4) is 0 Å². The highest BCUT2D eigenvalue weighted by atomic mass is 35.5. The van der Waals surface area contributed by atoms with Crippen LogP contribution in [0, 0.1) is 5.92 Å². The lowest BCUT2D eigenvalue weighted by molar-refractivity contribution is -0.142. The fourth-order valence-electron chi connectivity index (χ4n) is 12.2. The van der Waals surface area contributed by atoms with Crippen LogP contribution in [0.4, 0.5) is 16.2 Å². The van der Waals surface area contributed by atoms with Gasteiger partial charge in [0.25, 0.3) is 0 Å². The first-order valence-corrected chi connectivity index (χ1v) is 36.7. The minimum absolute atomic E-state index is 0.00465. The monoisotopic (exact) mass is 1530 g/mol. The summed E-state index contributed by atoms with van der Waals surface area (Å²) < 4.78 is 0. The maximum absolute atomic E-state index is 15.2.